The molecule has 88 valence electrons. The van der Waals surface area contributed by atoms with Crippen molar-refractivity contribution < 1.29 is 0 Å². The Labute approximate surface area is 103 Å². The quantitative estimate of drug-likeness (QED) is 0.600. The van der Waals surface area contributed by atoms with Crippen LogP contribution < -0.4 is 5.73 Å². The maximum absolute atomic E-state index is 6.04. The number of aryl methyl sites for hydroxylation is 1. The Hall–Kier alpha value is -0.730. The molecule has 1 atom stereocenters. The zero-order valence-electron chi connectivity index (χ0n) is 10.2. The fourth-order valence-electron chi connectivity index (χ4n) is 1.35. The minimum Gasteiger partial charge on any atom is -0.327 e. The van der Waals surface area contributed by atoms with Gasteiger partial charge in [0.2, 0.25) is 0 Å². The van der Waals surface area contributed by atoms with E-state index in [1.54, 1.807) is 0 Å². The van der Waals surface area contributed by atoms with Gasteiger partial charge in [-0.15, -0.1) is 18.3 Å². The third-order valence-electron chi connectivity index (χ3n) is 2.43. The van der Waals surface area contributed by atoms with Gasteiger partial charge in [-0.3, -0.25) is 0 Å². The molecule has 0 radical (unpaired) electrons. The van der Waals surface area contributed by atoms with Gasteiger partial charge in [-0.1, -0.05) is 23.3 Å². The summed E-state index contributed by atoms with van der Waals surface area (Å²) in [6, 6.07) is 8.86. The van der Waals surface area contributed by atoms with Crippen molar-refractivity contribution in [2.24, 2.45) is 5.73 Å². The largest absolute Gasteiger partial charge is 0.327 e. The van der Waals surface area contributed by atoms with Crippen molar-refractivity contribution in [3.05, 3.63) is 42.0 Å². The van der Waals surface area contributed by atoms with Crippen molar-refractivity contribution in [1.82, 2.24) is 0 Å². The van der Waals surface area contributed by atoms with E-state index in [2.05, 4.69) is 44.7 Å². The van der Waals surface area contributed by atoms with Gasteiger partial charge in [-0.25, -0.2) is 0 Å². The van der Waals surface area contributed by atoms with Crippen LogP contribution in [0.1, 0.15) is 25.3 Å². The molecule has 0 aliphatic rings. The summed E-state index contributed by atoms with van der Waals surface area (Å²) in [5.74, 6) is 0.982. The molecule has 2 N–H and O–H groups in total. The van der Waals surface area contributed by atoms with Crippen LogP contribution in [0.3, 0.4) is 0 Å². The maximum Gasteiger partial charge on any atom is 0.0137 e. The predicted octanol–water partition coefficient (Wildman–Crippen LogP) is 3.77. The fraction of sp³-hybridized carbons (Fsp3) is 0.429. The first-order chi connectivity index (χ1) is 7.58. The Morgan fingerprint density at radius 3 is 2.56 bits per heavy atom. The minimum atomic E-state index is 0.267. The average molecular weight is 235 g/mol. The van der Waals surface area contributed by atoms with Gasteiger partial charge in [0.05, 0.1) is 0 Å². The van der Waals surface area contributed by atoms with Crippen molar-refractivity contribution in [3.63, 3.8) is 0 Å². The van der Waals surface area contributed by atoms with Gasteiger partial charge >= 0.3 is 0 Å². The zero-order chi connectivity index (χ0) is 12.0. The topological polar surface area (TPSA) is 26.0 Å². The summed E-state index contributed by atoms with van der Waals surface area (Å²) < 4.78 is 0. The van der Waals surface area contributed by atoms with Crippen molar-refractivity contribution >= 4 is 11.8 Å². The second-order valence-electron chi connectivity index (χ2n) is 4.38. The highest BCUT2D eigenvalue weighted by molar-refractivity contribution is 7.99. The molecule has 1 aromatic carbocycles. The molecule has 0 saturated carbocycles. The van der Waals surface area contributed by atoms with E-state index in [9.17, 15) is 0 Å². The van der Waals surface area contributed by atoms with Crippen LogP contribution in [-0.2, 0) is 0 Å². The smallest absolute Gasteiger partial charge is 0.0137 e. The number of rotatable bonds is 6. The molecule has 0 fully saturated rings. The Morgan fingerprint density at radius 2 is 2.00 bits per heavy atom. The summed E-state index contributed by atoms with van der Waals surface area (Å²) >= 11 is 1.83. The Bertz CT molecular complexity index is 329. The predicted molar refractivity (Wildman–Crippen MR) is 73.9 cm³/mol. The summed E-state index contributed by atoms with van der Waals surface area (Å²) in [4.78, 5) is 1.30. The molecule has 0 aromatic heterocycles. The van der Waals surface area contributed by atoms with Gasteiger partial charge in [0, 0.05) is 16.7 Å². The minimum absolute atomic E-state index is 0.267. The molecule has 1 nitrogen and oxygen atoms in total. The zero-order valence-corrected chi connectivity index (χ0v) is 11.0. The molecule has 1 rings (SSSR count). The van der Waals surface area contributed by atoms with E-state index < -0.39 is 0 Å². The Kier molecular flexibility index (Phi) is 5.64. The van der Waals surface area contributed by atoms with Gasteiger partial charge in [-0.05, 0) is 38.8 Å². The number of thioether (sulfide) groups is 1. The fourth-order valence-corrected chi connectivity index (χ4v) is 2.25. The van der Waals surface area contributed by atoms with Crippen LogP contribution in [0.25, 0.3) is 0 Å². The van der Waals surface area contributed by atoms with Gasteiger partial charge < -0.3 is 5.73 Å². The molecule has 0 spiro atoms. The van der Waals surface area contributed by atoms with E-state index in [0.29, 0.717) is 0 Å². The first-order valence-corrected chi connectivity index (χ1v) is 6.66. The number of benzene rings is 1. The monoisotopic (exact) mass is 235 g/mol. The molecule has 2 heteroatoms. The van der Waals surface area contributed by atoms with Crippen molar-refractivity contribution in [3.8, 4) is 0 Å². The van der Waals surface area contributed by atoms with E-state index in [1.807, 2.05) is 11.8 Å². The van der Waals surface area contributed by atoms with E-state index >= 15 is 0 Å². The lowest BCUT2D eigenvalue weighted by Gasteiger charge is -2.11. The highest BCUT2D eigenvalue weighted by Crippen LogP contribution is 2.20. The normalized spacial score (nSPS) is 12.4. The number of hydrogen-bond donors (Lipinski definition) is 1. The van der Waals surface area contributed by atoms with Crippen LogP contribution in [0.2, 0.25) is 0 Å². The Morgan fingerprint density at radius 1 is 1.38 bits per heavy atom. The lowest BCUT2D eigenvalue weighted by atomic mass is 10.1. The van der Waals surface area contributed by atoms with Gasteiger partial charge in [0.1, 0.15) is 0 Å². The SMILES string of the molecule is C=C(C)CCC(N)CSc1ccc(C)cc1. The third kappa shape index (κ3) is 5.38. The van der Waals surface area contributed by atoms with E-state index in [1.165, 1.54) is 16.0 Å². The summed E-state index contributed by atoms with van der Waals surface area (Å²) in [7, 11) is 0. The average Bonchev–Trinajstić information content (AvgIpc) is 2.25. The molecule has 0 aliphatic carbocycles. The standard InChI is InChI=1S/C14H21NS/c1-11(2)4-7-13(15)10-16-14-8-5-12(3)6-9-14/h5-6,8-9,13H,1,4,7,10,15H2,2-3H3. The second-order valence-corrected chi connectivity index (χ2v) is 5.47. The van der Waals surface area contributed by atoms with Crippen molar-refractivity contribution in [2.75, 3.05) is 5.75 Å². The van der Waals surface area contributed by atoms with Gasteiger partial charge in [0.15, 0.2) is 0 Å². The molecule has 0 saturated heterocycles. The molecule has 16 heavy (non-hydrogen) atoms. The first-order valence-electron chi connectivity index (χ1n) is 5.67. The van der Waals surface area contributed by atoms with Crippen molar-refractivity contribution in [1.29, 1.82) is 0 Å². The van der Waals surface area contributed by atoms with Gasteiger partial charge in [0.25, 0.3) is 0 Å². The van der Waals surface area contributed by atoms with E-state index in [0.717, 1.165) is 18.6 Å². The van der Waals surface area contributed by atoms with Gasteiger partial charge in [-0.2, -0.15) is 0 Å². The summed E-state index contributed by atoms with van der Waals surface area (Å²) in [5.41, 5.74) is 8.56. The van der Waals surface area contributed by atoms with E-state index in [-0.39, 0.29) is 6.04 Å². The van der Waals surface area contributed by atoms with Crippen LogP contribution in [-0.4, -0.2) is 11.8 Å². The molecule has 1 aromatic rings. The lowest BCUT2D eigenvalue weighted by Crippen LogP contribution is -2.22. The summed E-state index contributed by atoms with van der Waals surface area (Å²) in [5, 5.41) is 0. The molecule has 1 unspecified atom stereocenters. The van der Waals surface area contributed by atoms with Crippen molar-refractivity contribution in [2.45, 2.75) is 37.6 Å². The van der Waals surface area contributed by atoms with Crippen LogP contribution in [0.5, 0.6) is 0 Å². The molecule has 0 amide bonds. The summed E-state index contributed by atoms with van der Waals surface area (Å²) in [6.45, 7) is 8.05. The van der Waals surface area contributed by atoms with Crippen LogP contribution in [0.15, 0.2) is 41.3 Å². The highest BCUT2D eigenvalue weighted by Gasteiger charge is 2.03. The van der Waals surface area contributed by atoms with Crippen LogP contribution in [0.4, 0.5) is 0 Å². The molecular formula is C14H21NS. The second kappa shape index (κ2) is 6.77. The molecule has 0 bridgehead atoms. The first kappa shape index (κ1) is 13.3. The number of hydrogen-bond acceptors (Lipinski definition) is 2. The molecular weight excluding hydrogens is 214 g/mol. The third-order valence-corrected chi connectivity index (χ3v) is 3.63. The number of allylic oxidation sites excluding steroid dienone is 1. The van der Waals surface area contributed by atoms with Crippen LogP contribution in [0, 0.1) is 6.92 Å². The van der Waals surface area contributed by atoms with E-state index in [4.69, 9.17) is 5.73 Å². The molecule has 0 heterocycles. The van der Waals surface area contributed by atoms with Crippen LogP contribution >= 0.6 is 11.8 Å². The lowest BCUT2D eigenvalue weighted by molar-refractivity contribution is 0.672. The highest BCUT2D eigenvalue weighted by atomic mass is 32.2. The molecule has 0 aliphatic heterocycles. The summed E-state index contributed by atoms with van der Waals surface area (Å²) in [6.07, 6.45) is 2.07. The Balaban J connectivity index is 2.28. The number of nitrogens with two attached hydrogens (primary N) is 1. The maximum atomic E-state index is 6.04.